The van der Waals surface area contributed by atoms with E-state index in [2.05, 4.69) is 75.5 Å². The van der Waals surface area contributed by atoms with Crippen molar-refractivity contribution in [2.24, 2.45) is 0 Å². The zero-order chi connectivity index (χ0) is 57.8. The molecule has 0 aromatic rings. The van der Waals surface area contributed by atoms with Crippen LogP contribution in [-0.2, 0) is 28.6 Å². The second-order valence-electron chi connectivity index (χ2n) is 23.8. The minimum absolute atomic E-state index is 0.0916. The highest BCUT2D eigenvalue weighted by atomic mass is 16.6. The van der Waals surface area contributed by atoms with Gasteiger partial charge in [-0.05, 0) is 70.6 Å². The summed E-state index contributed by atoms with van der Waals surface area (Å²) in [7, 11) is 0. The van der Waals surface area contributed by atoms with Gasteiger partial charge in [-0.15, -0.1) is 0 Å². The zero-order valence-corrected chi connectivity index (χ0v) is 53.6. The first-order chi connectivity index (χ1) is 39.5. The van der Waals surface area contributed by atoms with Crippen LogP contribution in [0.3, 0.4) is 0 Å². The van der Waals surface area contributed by atoms with E-state index in [1.807, 2.05) is 6.08 Å². The summed E-state index contributed by atoms with van der Waals surface area (Å²) in [6.45, 7) is 6.52. The van der Waals surface area contributed by atoms with E-state index in [0.717, 1.165) is 64.2 Å². The lowest BCUT2D eigenvalue weighted by Crippen LogP contribution is -2.30. The topological polar surface area (TPSA) is 78.9 Å². The standard InChI is InChI=1S/C74H134O6/c1-4-7-10-13-16-19-22-25-27-29-31-33-34-35-36-37-38-39-40-41-43-44-46-49-52-55-58-61-64-67-73(76)79-70-71(69-78-72(75)66-63-60-57-54-51-48-24-21-18-15-12-9-6-3)80-74(77)68-65-62-59-56-53-50-47-45-42-32-30-28-26-23-20-17-14-11-8-5-2/h9,12,18,21,29,31,48,51,57,60,71H,4-8,10-11,13-17,19-20,22-28,30,32-47,49-50,52-56,58-59,61-70H2,1-3H3/b12-9-,21-18-,31-29-,51-48-,60-57-. The predicted molar refractivity (Wildman–Crippen MR) is 348 cm³/mol. The number of allylic oxidation sites excluding steroid dienone is 10. The van der Waals surface area contributed by atoms with Gasteiger partial charge in [0.15, 0.2) is 6.10 Å². The van der Waals surface area contributed by atoms with Gasteiger partial charge in [0.2, 0.25) is 0 Å². The molecule has 0 aliphatic heterocycles. The van der Waals surface area contributed by atoms with Crippen LogP contribution in [0.2, 0.25) is 0 Å². The maximum Gasteiger partial charge on any atom is 0.306 e. The third-order valence-electron chi connectivity index (χ3n) is 15.8. The summed E-state index contributed by atoms with van der Waals surface area (Å²) in [6.07, 6.45) is 88.5. The van der Waals surface area contributed by atoms with Crippen LogP contribution in [0.5, 0.6) is 0 Å². The minimum atomic E-state index is -0.801. The second kappa shape index (κ2) is 68.6. The molecule has 0 aliphatic rings. The number of rotatable bonds is 65. The number of hydrogen-bond donors (Lipinski definition) is 0. The Morgan fingerprint density at radius 2 is 0.512 bits per heavy atom. The Morgan fingerprint density at radius 1 is 0.263 bits per heavy atom. The number of carbonyl (C=O) groups is 3. The summed E-state index contributed by atoms with van der Waals surface area (Å²) >= 11 is 0. The quantitative estimate of drug-likeness (QED) is 0.0261. The van der Waals surface area contributed by atoms with E-state index in [1.165, 1.54) is 263 Å². The normalized spacial score (nSPS) is 12.4. The van der Waals surface area contributed by atoms with Crippen molar-refractivity contribution in [2.45, 2.75) is 380 Å². The molecule has 0 aliphatic carbocycles. The third-order valence-corrected chi connectivity index (χ3v) is 15.8. The molecule has 0 bridgehead atoms. The predicted octanol–water partition coefficient (Wildman–Crippen LogP) is 24.3. The Hall–Kier alpha value is -2.89. The molecule has 0 heterocycles. The highest BCUT2D eigenvalue weighted by molar-refractivity contribution is 5.71. The van der Waals surface area contributed by atoms with Crippen molar-refractivity contribution in [2.75, 3.05) is 13.2 Å². The molecule has 0 aromatic heterocycles. The van der Waals surface area contributed by atoms with Crippen molar-refractivity contribution in [3.8, 4) is 0 Å². The fourth-order valence-corrected chi connectivity index (χ4v) is 10.5. The molecule has 6 heteroatoms. The third kappa shape index (κ3) is 65.9. The molecule has 6 nitrogen and oxygen atoms in total. The summed E-state index contributed by atoms with van der Waals surface area (Å²) in [5, 5.41) is 0. The Kier molecular flexibility index (Phi) is 66.1. The average molecular weight is 1120 g/mol. The van der Waals surface area contributed by atoms with Crippen molar-refractivity contribution >= 4 is 17.9 Å². The monoisotopic (exact) mass is 1120 g/mol. The fraction of sp³-hybridized carbons (Fsp3) is 0.824. The number of hydrogen-bond acceptors (Lipinski definition) is 6. The molecule has 0 spiro atoms. The zero-order valence-electron chi connectivity index (χ0n) is 53.6. The Bertz CT molecular complexity index is 1430. The van der Waals surface area contributed by atoms with Gasteiger partial charge in [-0.2, -0.15) is 0 Å². The SMILES string of the molecule is CC/C=C\C/C=C\C/C=C\C/C=C\CCC(=O)OCC(COC(=O)CCCCCCCCCCCCCCCCCCC/C=C\CCCCCCCCCC)OC(=O)CCCCCCCCCCCCCCCCCCCCCC. The van der Waals surface area contributed by atoms with E-state index in [-0.39, 0.29) is 37.5 Å². The van der Waals surface area contributed by atoms with Crippen molar-refractivity contribution in [3.63, 3.8) is 0 Å². The van der Waals surface area contributed by atoms with Crippen molar-refractivity contribution in [3.05, 3.63) is 60.8 Å². The largest absolute Gasteiger partial charge is 0.462 e. The molecule has 0 saturated carbocycles. The number of esters is 3. The van der Waals surface area contributed by atoms with Gasteiger partial charge in [0.1, 0.15) is 13.2 Å². The molecular formula is C74H134O6. The van der Waals surface area contributed by atoms with Gasteiger partial charge < -0.3 is 14.2 Å². The molecule has 1 unspecified atom stereocenters. The maximum atomic E-state index is 12.9. The lowest BCUT2D eigenvalue weighted by Gasteiger charge is -2.18. The highest BCUT2D eigenvalue weighted by Gasteiger charge is 2.19. The van der Waals surface area contributed by atoms with Gasteiger partial charge in [-0.25, -0.2) is 0 Å². The maximum absolute atomic E-state index is 12.9. The van der Waals surface area contributed by atoms with Crippen LogP contribution < -0.4 is 0 Å². The van der Waals surface area contributed by atoms with Gasteiger partial charge in [0.05, 0.1) is 0 Å². The lowest BCUT2D eigenvalue weighted by atomic mass is 10.0. The van der Waals surface area contributed by atoms with Gasteiger partial charge in [0.25, 0.3) is 0 Å². The molecule has 80 heavy (non-hydrogen) atoms. The molecule has 0 radical (unpaired) electrons. The first-order valence-electron chi connectivity index (χ1n) is 35.3. The van der Waals surface area contributed by atoms with Crippen LogP contribution in [-0.4, -0.2) is 37.2 Å². The van der Waals surface area contributed by atoms with Crippen LogP contribution in [0.15, 0.2) is 60.8 Å². The molecular weight excluding hydrogens is 985 g/mol. The van der Waals surface area contributed by atoms with E-state index in [4.69, 9.17) is 14.2 Å². The number of carbonyl (C=O) groups excluding carboxylic acids is 3. The van der Waals surface area contributed by atoms with Crippen LogP contribution >= 0.6 is 0 Å². The van der Waals surface area contributed by atoms with Crippen LogP contribution in [0.4, 0.5) is 0 Å². The van der Waals surface area contributed by atoms with E-state index < -0.39 is 6.10 Å². The van der Waals surface area contributed by atoms with Crippen molar-refractivity contribution in [1.82, 2.24) is 0 Å². The first kappa shape index (κ1) is 77.1. The van der Waals surface area contributed by atoms with Crippen LogP contribution in [0.1, 0.15) is 374 Å². The van der Waals surface area contributed by atoms with Gasteiger partial charge in [-0.3, -0.25) is 14.4 Å². The van der Waals surface area contributed by atoms with Crippen molar-refractivity contribution < 1.29 is 28.6 Å². The molecule has 0 fully saturated rings. The summed E-state index contributed by atoms with van der Waals surface area (Å²) in [5.41, 5.74) is 0. The van der Waals surface area contributed by atoms with Gasteiger partial charge >= 0.3 is 17.9 Å². The summed E-state index contributed by atoms with van der Waals surface area (Å²) in [6, 6.07) is 0. The van der Waals surface area contributed by atoms with Crippen LogP contribution in [0.25, 0.3) is 0 Å². The van der Waals surface area contributed by atoms with Crippen molar-refractivity contribution in [1.29, 1.82) is 0 Å². The lowest BCUT2D eigenvalue weighted by molar-refractivity contribution is -0.166. The van der Waals surface area contributed by atoms with Crippen LogP contribution in [0, 0.1) is 0 Å². The molecule has 0 rings (SSSR count). The average Bonchev–Trinajstić information content (AvgIpc) is 3.46. The molecule has 0 amide bonds. The minimum Gasteiger partial charge on any atom is -0.462 e. The van der Waals surface area contributed by atoms with Gasteiger partial charge in [0, 0.05) is 19.3 Å². The highest BCUT2D eigenvalue weighted by Crippen LogP contribution is 2.18. The fourth-order valence-electron chi connectivity index (χ4n) is 10.5. The summed E-state index contributed by atoms with van der Waals surface area (Å²) < 4.78 is 16.9. The molecule has 466 valence electrons. The van der Waals surface area contributed by atoms with E-state index in [1.54, 1.807) is 0 Å². The van der Waals surface area contributed by atoms with Gasteiger partial charge in [-0.1, -0.05) is 345 Å². The Labute approximate surface area is 498 Å². The smallest absolute Gasteiger partial charge is 0.306 e. The van der Waals surface area contributed by atoms with E-state index >= 15 is 0 Å². The molecule has 0 aromatic carbocycles. The molecule has 0 N–H and O–H groups in total. The summed E-state index contributed by atoms with van der Waals surface area (Å²) in [4.78, 5) is 38.3. The molecule has 0 saturated heterocycles. The first-order valence-corrected chi connectivity index (χ1v) is 35.3. The Morgan fingerprint density at radius 3 is 0.838 bits per heavy atom. The molecule has 1 atom stereocenters. The number of ether oxygens (including phenoxy) is 3. The van der Waals surface area contributed by atoms with E-state index in [0.29, 0.717) is 19.3 Å². The summed E-state index contributed by atoms with van der Waals surface area (Å²) in [5.74, 6) is -0.953. The second-order valence-corrected chi connectivity index (χ2v) is 23.8. The Balaban J connectivity index is 4.22. The number of unbranched alkanes of at least 4 members (excludes halogenated alkanes) is 44. The van der Waals surface area contributed by atoms with E-state index in [9.17, 15) is 14.4 Å².